The first-order valence-corrected chi connectivity index (χ1v) is 10.2. The van der Waals surface area contributed by atoms with E-state index in [9.17, 15) is 4.79 Å². The second-order valence-corrected chi connectivity index (χ2v) is 7.06. The number of carbonyl (C=O) groups excluding carboxylic acids is 1. The first-order valence-electron chi connectivity index (χ1n) is 10.2. The van der Waals surface area contributed by atoms with Crippen LogP contribution in [0.25, 0.3) is 0 Å². The Morgan fingerprint density at radius 1 is 1.19 bits per heavy atom. The van der Waals surface area contributed by atoms with Crippen LogP contribution in [0.1, 0.15) is 40.5 Å². The summed E-state index contributed by atoms with van der Waals surface area (Å²) in [4.78, 5) is 22.5. The van der Waals surface area contributed by atoms with Gasteiger partial charge in [-0.05, 0) is 39.4 Å². The molecule has 0 aromatic heterocycles. The molecule has 0 aromatic rings. The van der Waals surface area contributed by atoms with Crippen LogP contribution in [0.3, 0.4) is 0 Å². The zero-order valence-electron chi connectivity index (χ0n) is 18.0. The molecule has 2 N–H and O–H groups in total. The Labute approximate surface area is 183 Å². The minimum absolute atomic E-state index is 0. The van der Waals surface area contributed by atoms with Crippen molar-refractivity contribution in [2.45, 2.75) is 46.6 Å². The Balaban J connectivity index is 0.00000676. The number of piperazine rings is 1. The Kier molecular flexibility index (Phi) is 15.0. The molecule has 8 heteroatoms. The van der Waals surface area contributed by atoms with Crippen molar-refractivity contribution in [1.29, 1.82) is 0 Å². The number of nitrogens with zero attached hydrogens (tertiary/aromatic N) is 4. The number of hydrogen-bond donors (Lipinski definition) is 2. The fourth-order valence-corrected chi connectivity index (χ4v) is 3.28. The van der Waals surface area contributed by atoms with Crippen LogP contribution in [0.15, 0.2) is 4.99 Å². The maximum absolute atomic E-state index is 11.4. The van der Waals surface area contributed by atoms with E-state index in [1.165, 1.54) is 6.42 Å². The third-order valence-corrected chi connectivity index (χ3v) is 5.15. The lowest BCUT2D eigenvalue weighted by Gasteiger charge is -2.34. The van der Waals surface area contributed by atoms with Crippen LogP contribution in [0.2, 0.25) is 0 Å². The van der Waals surface area contributed by atoms with Crippen LogP contribution in [0.5, 0.6) is 0 Å². The number of halogens is 1. The fourth-order valence-electron chi connectivity index (χ4n) is 3.28. The highest BCUT2D eigenvalue weighted by Gasteiger charge is 2.18. The zero-order valence-corrected chi connectivity index (χ0v) is 20.3. The third kappa shape index (κ3) is 11.1. The molecule has 0 radical (unpaired) electrons. The minimum Gasteiger partial charge on any atom is -0.355 e. The van der Waals surface area contributed by atoms with E-state index in [0.717, 1.165) is 71.3 Å². The van der Waals surface area contributed by atoms with Crippen LogP contribution < -0.4 is 10.6 Å². The minimum atomic E-state index is 0. The Bertz CT molecular complexity index is 422. The van der Waals surface area contributed by atoms with Crippen molar-refractivity contribution in [2.75, 3.05) is 66.0 Å². The summed E-state index contributed by atoms with van der Waals surface area (Å²) in [7, 11) is 1.82. The molecule has 1 atom stereocenters. The molecule has 1 unspecified atom stereocenters. The lowest BCUT2D eigenvalue weighted by Crippen LogP contribution is -2.50. The molecule has 27 heavy (non-hydrogen) atoms. The number of rotatable bonds is 10. The molecular weight excluding hydrogens is 455 g/mol. The van der Waals surface area contributed by atoms with Gasteiger partial charge in [-0.2, -0.15) is 0 Å². The van der Waals surface area contributed by atoms with Gasteiger partial charge >= 0.3 is 0 Å². The molecule has 1 saturated heterocycles. The molecule has 160 valence electrons. The molecule has 7 nitrogen and oxygen atoms in total. The van der Waals surface area contributed by atoms with Crippen molar-refractivity contribution in [2.24, 2.45) is 4.99 Å². The molecule has 0 saturated carbocycles. The van der Waals surface area contributed by atoms with Crippen LogP contribution in [0.4, 0.5) is 0 Å². The standard InChI is InChI=1S/C19H40N6O.HI/c1-6-23(7-2)11-8-9-17(3)22-19(20-5)21-10-12-24-13-15-25(16-14-24)18(4)26;/h17H,6-16H2,1-5H3,(H2,20,21,22);1H. The summed E-state index contributed by atoms with van der Waals surface area (Å²) in [5, 5.41) is 6.89. The van der Waals surface area contributed by atoms with E-state index >= 15 is 0 Å². The Hall–Kier alpha value is -0.610. The number of carbonyl (C=O) groups is 1. The number of amides is 1. The second kappa shape index (κ2) is 15.3. The smallest absolute Gasteiger partial charge is 0.219 e. The van der Waals surface area contributed by atoms with E-state index in [-0.39, 0.29) is 29.9 Å². The third-order valence-electron chi connectivity index (χ3n) is 5.15. The summed E-state index contributed by atoms with van der Waals surface area (Å²) >= 11 is 0. The molecule has 1 heterocycles. The van der Waals surface area contributed by atoms with Crippen molar-refractivity contribution < 1.29 is 4.79 Å². The number of guanidine groups is 1. The van der Waals surface area contributed by atoms with Gasteiger partial charge in [-0.1, -0.05) is 13.8 Å². The molecule has 0 bridgehead atoms. The highest BCUT2D eigenvalue weighted by atomic mass is 127. The van der Waals surface area contributed by atoms with Crippen LogP contribution in [-0.2, 0) is 4.79 Å². The zero-order chi connectivity index (χ0) is 19.4. The molecule has 0 aromatic carbocycles. The molecule has 1 aliphatic rings. The van der Waals surface area contributed by atoms with Crippen molar-refractivity contribution in [3.8, 4) is 0 Å². The van der Waals surface area contributed by atoms with E-state index in [4.69, 9.17) is 0 Å². The van der Waals surface area contributed by atoms with Gasteiger partial charge in [-0.25, -0.2) is 0 Å². The number of nitrogens with one attached hydrogen (secondary N) is 2. The van der Waals surface area contributed by atoms with Gasteiger partial charge in [0.2, 0.25) is 5.91 Å². The second-order valence-electron chi connectivity index (χ2n) is 7.06. The Morgan fingerprint density at radius 3 is 2.33 bits per heavy atom. The van der Waals surface area contributed by atoms with Gasteiger partial charge in [-0.15, -0.1) is 24.0 Å². The van der Waals surface area contributed by atoms with Crippen LogP contribution in [0, 0.1) is 0 Å². The summed E-state index contributed by atoms with van der Waals surface area (Å²) in [6.07, 6.45) is 2.34. The van der Waals surface area contributed by atoms with Gasteiger partial charge < -0.3 is 20.4 Å². The highest BCUT2D eigenvalue weighted by molar-refractivity contribution is 14.0. The molecule has 1 aliphatic heterocycles. The van der Waals surface area contributed by atoms with E-state index in [2.05, 4.69) is 46.2 Å². The summed E-state index contributed by atoms with van der Waals surface area (Å²) in [6, 6.07) is 0.413. The summed E-state index contributed by atoms with van der Waals surface area (Å²) in [5.74, 6) is 1.06. The van der Waals surface area contributed by atoms with E-state index in [0.29, 0.717) is 6.04 Å². The predicted octanol–water partition coefficient (Wildman–Crippen LogP) is 1.44. The van der Waals surface area contributed by atoms with Crippen LogP contribution in [-0.4, -0.2) is 98.6 Å². The average molecular weight is 496 g/mol. The number of hydrogen-bond acceptors (Lipinski definition) is 4. The lowest BCUT2D eigenvalue weighted by molar-refractivity contribution is -0.130. The van der Waals surface area contributed by atoms with Gasteiger partial charge in [-0.3, -0.25) is 14.7 Å². The van der Waals surface area contributed by atoms with Crippen molar-refractivity contribution in [3.05, 3.63) is 0 Å². The Morgan fingerprint density at radius 2 is 1.81 bits per heavy atom. The molecule has 1 rings (SSSR count). The van der Waals surface area contributed by atoms with E-state index < -0.39 is 0 Å². The van der Waals surface area contributed by atoms with Crippen molar-refractivity contribution >= 4 is 35.8 Å². The summed E-state index contributed by atoms with van der Waals surface area (Å²) < 4.78 is 0. The van der Waals surface area contributed by atoms with Gasteiger partial charge in [0.15, 0.2) is 5.96 Å². The number of aliphatic imine (C=N–C) groups is 1. The maximum Gasteiger partial charge on any atom is 0.219 e. The normalized spacial score (nSPS) is 16.8. The first kappa shape index (κ1) is 26.4. The highest BCUT2D eigenvalue weighted by Crippen LogP contribution is 2.01. The maximum atomic E-state index is 11.4. The van der Waals surface area contributed by atoms with Crippen molar-refractivity contribution in [3.63, 3.8) is 0 Å². The SMILES string of the molecule is CCN(CC)CCCC(C)NC(=NC)NCCN1CCN(C(C)=O)CC1.I. The average Bonchev–Trinajstić information content (AvgIpc) is 2.64. The lowest BCUT2D eigenvalue weighted by atomic mass is 10.2. The molecule has 1 fully saturated rings. The van der Waals surface area contributed by atoms with Crippen molar-refractivity contribution in [1.82, 2.24) is 25.3 Å². The predicted molar refractivity (Wildman–Crippen MR) is 125 cm³/mol. The van der Waals surface area contributed by atoms with E-state index in [1.807, 2.05) is 11.9 Å². The van der Waals surface area contributed by atoms with Gasteiger partial charge in [0.05, 0.1) is 0 Å². The monoisotopic (exact) mass is 496 g/mol. The largest absolute Gasteiger partial charge is 0.355 e. The summed E-state index contributed by atoms with van der Waals surface area (Å²) in [5.41, 5.74) is 0. The first-order chi connectivity index (χ1) is 12.5. The molecular formula is C19H41IN6O. The molecule has 0 spiro atoms. The molecule has 0 aliphatic carbocycles. The quantitative estimate of drug-likeness (QED) is 0.272. The van der Waals surface area contributed by atoms with Gasteiger partial charge in [0, 0.05) is 59.3 Å². The topological polar surface area (TPSA) is 63.2 Å². The van der Waals surface area contributed by atoms with Crippen LogP contribution >= 0.6 is 24.0 Å². The fraction of sp³-hybridized carbons (Fsp3) is 0.895. The van der Waals surface area contributed by atoms with Gasteiger partial charge in [0.1, 0.15) is 0 Å². The van der Waals surface area contributed by atoms with E-state index in [1.54, 1.807) is 6.92 Å². The van der Waals surface area contributed by atoms with Gasteiger partial charge in [0.25, 0.3) is 0 Å². The summed E-state index contributed by atoms with van der Waals surface area (Å²) in [6.45, 7) is 17.2. The molecule has 1 amide bonds.